The summed E-state index contributed by atoms with van der Waals surface area (Å²) in [4.78, 5) is 0. The first-order chi connectivity index (χ1) is 2.00. The Morgan fingerprint density at radius 1 is 0.857 bits per heavy atom. The van der Waals surface area contributed by atoms with Crippen LogP contribution < -0.4 is 6.15 Å². The fourth-order valence-electron chi connectivity index (χ4n) is 0. The van der Waals surface area contributed by atoms with Crippen molar-refractivity contribution >= 4 is 7.25 Å². The molecular weight excluding hydrogens is 166 g/mol. The monoisotopic (exact) mass is 168 g/mol. The summed E-state index contributed by atoms with van der Waals surface area (Å²) in [6.45, 7) is 0. The minimum Gasteiger partial charge on any atom is -0.418 e. The Bertz CT molecular complexity index is 27.2. The molecule has 0 fully saturated rings. The summed E-state index contributed by atoms with van der Waals surface area (Å²) in [5.41, 5.74) is 0. The van der Waals surface area contributed by atoms with Crippen molar-refractivity contribution in [2.24, 2.45) is 0 Å². The van der Waals surface area contributed by atoms with Crippen LogP contribution in [-0.2, 0) is 19.5 Å². The van der Waals surface area contributed by atoms with Crippen LogP contribution in [0, 0.1) is 0 Å². The Morgan fingerprint density at radius 2 is 0.857 bits per heavy atom. The third kappa shape index (κ3) is 896. The van der Waals surface area contributed by atoms with Crippen LogP contribution in [0.5, 0.6) is 0 Å². The first-order valence-corrected chi connectivity index (χ1v) is 0.873. The van der Waals surface area contributed by atoms with Crippen molar-refractivity contribution in [2.45, 2.75) is 0 Å². The molecule has 0 atom stereocenters. The molecule has 0 aromatic rings. The van der Waals surface area contributed by atoms with Crippen LogP contribution in [0.4, 0.5) is 17.3 Å². The standard InChI is InChI=1S/BF4.H3N.Zn/c2-1(3,4)5;;/h;1H3;/q-1;;. The molecule has 1 nitrogen and oxygen atoms in total. The van der Waals surface area contributed by atoms with E-state index in [1.807, 2.05) is 0 Å². The minimum absolute atomic E-state index is 0. The van der Waals surface area contributed by atoms with Gasteiger partial charge in [0, 0.05) is 19.5 Å². The minimum atomic E-state index is -6.00. The summed E-state index contributed by atoms with van der Waals surface area (Å²) < 4.78 is 39.0. The second-order valence-electron chi connectivity index (χ2n) is 0.495. The largest absolute Gasteiger partial charge is 0.673 e. The molecule has 7 heavy (non-hydrogen) atoms. The average molecular weight is 169 g/mol. The second kappa shape index (κ2) is 4.53. The summed E-state index contributed by atoms with van der Waals surface area (Å²) in [5.74, 6) is 0. The summed E-state index contributed by atoms with van der Waals surface area (Å²) >= 11 is 0. The third-order valence-electron chi connectivity index (χ3n) is 0. The molecule has 3 N–H and O–H groups in total. The van der Waals surface area contributed by atoms with E-state index >= 15 is 0 Å². The first-order valence-electron chi connectivity index (χ1n) is 0.873. The molecule has 0 amide bonds. The SMILES string of the molecule is F[B-](F)(F)F.N.[Zn]. The van der Waals surface area contributed by atoms with Crippen LogP contribution in [0.3, 0.4) is 0 Å². The Morgan fingerprint density at radius 3 is 0.857 bits per heavy atom. The Balaban J connectivity index is -0.0000000800. The zero-order chi connectivity index (χ0) is 4.50. The van der Waals surface area contributed by atoms with Gasteiger partial charge in [-0.2, -0.15) is 0 Å². The van der Waals surface area contributed by atoms with Crippen LogP contribution in [0.25, 0.3) is 0 Å². The molecular formula is H3BF4NZn-. The molecule has 0 heterocycles. The Labute approximate surface area is 50.9 Å². The molecule has 0 unspecified atom stereocenters. The van der Waals surface area contributed by atoms with Gasteiger partial charge in [0.2, 0.25) is 0 Å². The van der Waals surface area contributed by atoms with Crippen LogP contribution in [0.1, 0.15) is 0 Å². The van der Waals surface area contributed by atoms with E-state index in [9.17, 15) is 17.3 Å². The normalized spacial score (nSPS) is 8.57. The molecule has 42 valence electrons. The predicted molar refractivity (Wildman–Crippen MR) is 15.2 cm³/mol. The summed E-state index contributed by atoms with van der Waals surface area (Å²) in [6, 6.07) is 0. The quantitative estimate of drug-likeness (QED) is 0.432. The van der Waals surface area contributed by atoms with Gasteiger partial charge in [0.15, 0.2) is 0 Å². The number of hydrogen-bond donors (Lipinski definition) is 1. The smallest absolute Gasteiger partial charge is 0.418 e. The molecule has 0 rings (SSSR count). The van der Waals surface area contributed by atoms with Crippen molar-refractivity contribution < 1.29 is 36.7 Å². The summed E-state index contributed by atoms with van der Waals surface area (Å²) in [7, 11) is -6.00. The second-order valence-corrected chi connectivity index (χ2v) is 0.495. The van der Waals surface area contributed by atoms with Gasteiger partial charge in [-0.1, -0.05) is 0 Å². The molecule has 7 heteroatoms. The molecule has 0 aromatic carbocycles. The van der Waals surface area contributed by atoms with Crippen molar-refractivity contribution in [2.75, 3.05) is 0 Å². The third-order valence-corrected chi connectivity index (χ3v) is 0. The van der Waals surface area contributed by atoms with Crippen LogP contribution in [-0.4, -0.2) is 7.25 Å². The average Bonchev–Trinajstić information content (AvgIpc) is 0.722. The van der Waals surface area contributed by atoms with Crippen LogP contribution >= 0.6 is 0 Å². The van der Waals surface area contributed by atoms with Gasteiger partial charge < -0.3 is 23.4 Å². The van der Waals surface area contributed by atoms with Crippen molar-refractivity contribution in [3.8, 4) is 0 Å². The molecule has 0 radical (unpaired) electrons. The summed E-state index contributed by atoms with van der Waals surface area (Å²) in [6.07, 6.45) is 0. The van der Waals surface area contributed by atoms with Crippen molar-refractivity contribution in [3.05, 3.63) is 0 Å². The van der Waals surface area contributed by atoms with Crippen molar-refractivity contribution in [3.63, 3.8) is 0 Å². The maximum Gasteiger partial charge on any atom is 0.673 e. The first kappa shape index (κ1) is 15.7. The van der Waals surface area contributed by atoms with Crippen LogP contribution in [0.2, 0.25) is 0 Å². The van der Waals surface area contributed by atoms with E-state index in [1.165, 1.54) is 0 Å². The van der Waals surface area contributed by atoms with Crippen molar-refractivity contribution in [1.29, 1.82) is 0 Å². The van der Waals surface area contributed by atoms with Gasteiger partial charge in [-0.15, -0.1) is 0 Å². The van der Waals surface area contributed by atoms with E-state index in [4.69, 9.17) is 0 Å². The van der Waals surface area contributed by atoms with Gasteiger partial charge in [-0.25, -0.2) is 0 Å². The van der Waals surface area contributed by atoms with E-state index < -0.39 is 7.25 Å². The molecule has 0 aromatic heterocycles. The van der Waals surface area contributed by atoms with Gasteiger partial charge >= 0.3 is 7.25 Å². The van der Waals surface area contributed by atoms with Gasteiger partial charge in [-0.05, 0) is 0 Å². The fraction of sp³-hybridized carbons (Fsp3) is 0. The Hall–Kier alpha value is 0.368. The molecule has 0 saturated heterocycles. The van der Waals surface area contributed by atoms with E-state index in [-0.39, 0.29) is 25.6 Å². The van der Waals surface area contributed by atoms with Crippen molar-refractivity contribution in [1.82, 2.24) is 6.15 Å². The molecule has 0 bridgehead atoms. The molecule has 0 aliphatic carbocycles. The zero-order valence-electron chi connectivity index (χ0n) is 3.50. The Kier molecular flexibility index (Phi) is 10.1. The van der Waals surface area contributed by atoms with E-state index in [2.05, 4.69) is 0 Å². The van der Waals surface area contributed by atoms with Gasteiger partial charge in [0.25, 0.3) is 0 Å². The van der Waals surface area contributed by atoms with Gasteiger partial charge in [0.05, 0.1) is 0 Å². The topological polar surface area (TPSA) is 35.0 Å². The summed E-state index contributed by atoms with van der Waals surface area (Å²) in [5, 5.41) is 0. The number of halogens is 4. The predicted octanol–water partition coefficient (Wildman–Crippen LogP) is 1.46. The van der Waals surface area contributed by atoms with E-state index in [1.54, 1.807) is 0 Å². The molecule has 0 aliphatic rings. The van der Waals surface area contributed by atoms with Crippen LogP contribution in [0.15, 0.2) is 0 Å². The van der Waals surface area contributed by atoms with E-state index in [0.29, 0.717) is 0 Å². The fourth-order valence-corrected chi connectivity index (χ4v) is 0. The number of hydrogen-bond acceptors (Lipinski definition) is 1. The number of rotatable bonds is 0. The van der Waals surface area contributed by atoms with Gasteiger partial charge in [0.1, 0.15) is 0 Å². The molecule has 0 saturated carbocycles. The maximum atomic E-state index is 9.75. The van der Waals surface area contributed by atoms with Gasteiger partial charge in [-0.3, -0.25) is 0 Å². The molecule has 0 spiro atoms. The van der Waals surface area contributed by atoms with E-state index in [0.717, 1.165) is 0 Å². The molecule has 0 aliphatic heterocycles. The zero-order valence-corrected chi connectivity index (χ0v) is 6.47. The maximum absolute atomic E-state index is 9.75.